The van der Waals surface area contributed by atoms with Gasteiger partial charge in [0.25, 0.3) is 0 Å². The summed E-state index contributed by atoms with van der Waals surface area (Å²) in [6.45, 7) is 2.57. The van der Waals surface area contributed by atoms with E-state index in [0.29, 0.717) is 12.4 Å². The van der Waals surface area contributed by atoms with Gasteiger partial charge in [-0.05, 0) is 19.1 Å². The molecule has 2 N–H and O–H groups in total. The minimum atomic E-state index is 0. The van der Waals surface area contributed by atoms with Crippen molar-refractivity contribution in [2.24, 2.45) is 5.90 Å². The second-order valence-corrected chi connectivity index (χ2v) is 2.03. The highest BCUT2D eigenvalue weighted by atomic mass is 35.5. The fraction of sp³-hybridized carbons (Fsp3) is 0.250. The van der Waals surface area contributed by atoms with Crippen LogP contribution in [0.25, 0.3) is 0 Å². The highest BCUT2D eigenvalue weighted by Gasteiger charge is 1.93. The molecule has 0 aromatic heterocycles. The van der Waals surface area contributed by atoms with Crippen LogP contribution < -0.4 is 15.5 Å². The number of hydrogen-bond acceptors (Lipinski definition) is 3. The SMILES string of the molecule is CCOc1cccc(ON)c1.Cl. The van der Waals surface area contributed by atoms with Gasteiger partial charge < -0.3 is 9.57 Å². The predicted molar refractivity (Wildman–Crippen MR) is 49.7 cm³/mol. The van der Waals surface area contributed by atoms with Gasteiger partial charge in [-0.3, -0.25) is 0 Å². The van der Waals surface area contributed by atoms with Crippen molar-refractivity contribution in [2.75, 3.05) is 6.61 Å². The Morgan fingerprint density at radius 3 is 2.58 bits per heavy atom. The van der Waals surface area contributed by atoms with Gasteiger partial charge >= 0.3 is 0 Å². The van der Waals surface area contributed by atoms with Crippen molar-refractivity contribution in [3.05, 3.63) is 24.3 Å². The lowest BCUT2D eigenvalue weighted by molar-refractivity contribution is 0.320. The molecule has 1 rings (SSSR count). The van der Waals surface area contributed by atoms with Crippen molar-refractivity contribution in [3.63, 3.8) is 0 Å². The summed E-state index contributed by atoms with van der Waals surface area (Å²) in [7, 11) is 0. The average molecular weight is 190 g/mol. The van der Waals surface area contributed by atoms with E-state index in [4.69, 9.17) is 10.6 Å². The van der Waals surface area contributed by atoms with E-state index < -0.39 is 0 Å². The van der Waals surface area contributed by atoms with Crippen LogP contribution in [-0.2, 0) is 0 Å². The number of nitrogens with two attached hydrogens (primary N) is 1. The maximum atomic E-state index is 5.21. The molecule has 0 atom stereocenters. The average Bonchev–Trinajstić information content (AvgIpc) is 2.06. The molecule has 12 heavy (non-hydrogen) atoms. The Kier molecular flexibility index (Phi) is 5.25. The number of benzene rings is 1. The quantitative estimate of drug-likeness (QED) is 0.737. The third-order valence-corrected chi connectivity index (χ3v) is 1.25. The first-order chi connectivity index (χ1) is 5.36. The summed E-state index contributed by atoms with van der Waals surface area (Å²) in [5, 5.41) is 0. The van der Waals surface area contributed by atoms with Gasteiger partial charge in [-0.25, -0.2) is 0 Å². The summed E-state index contributed by atoms with van der Waals surface area (Å²) in [5.41, 5.74) is 0. The summed E-state index contributed by atoms with van der Waals surface area (Å²) in [6.07, 6.45) is 0. The lowest BCUT2D eigenvalue weighted by Gasteiger charge is -2.03. The molecule has 0 saturated carbocycles. The molecule has 4 heteroatoms. The van der Waals surface area contributed by atoms with E-state index in [1.54, 1.807) is 12.1 Å². The van der Waals surface area contributed by atoms with Crippen LogP contribution in [0.4, 0.5) is 0 Å². The van der Waals surface area contributed by atoms with Crippen LogP contribution in [0.15, 0.2) is 24.3 Å². The molecule has 0 unspecified atom stereocenters. The molecular weight excluding hydrogens is 178 g/mol. The van der Waals surface area contributed by atoms with Crippen LogP contribution >= 0.6 is 12.4 Å². The molecule has 0 aliphatic rings. The molecule has 0 bridgehead atoms. The molecule has 68 valence electrons. The fourth-order valence-corrected chi connectivity index (χ4v) is 0.804. The maximum absolute atomic E-state index is 5.21. The molecule has 0 saturated heterocycles. The standard InChI is InChI=1S/C8H11NO2.ClH/c1-2-10-7-4-3-5-8(6-7)11-9;/h3-6H,2,9H2,1H3;1H. The lowest BCUT2D eigenvalue weighted by Crippen LogP contribution is -2.01. The van der Waals surface area contributed by atoms with Gasteiger partial charge in [0.05, 0.1) is 6.61 Å². The normalized spacial score (nSPS) is 8.50. The van der Waals surface area contributed by atoms with E-state index in [-0.39, 0.29) is 12.4 Å². The highest BCUT2D eigenvalue weighted by Crippen LogP contribution is 2.17. The van der Waals surface area contributed by atoms with Gasteiger partial charge in [0.1, 0.15) is 5.75 Å². The summed E-state index contributed by atoms with van der Waals surface area (Å²) in [6, 6.07) is 7.19. The molecule has 0 radical (unpaired) electrons. The number of hydrogen-bond donors (Lipinski definition) is 1. The Hall–Kier alpha value is -0.930. The topological polar surface area (TPSA) is 44.5 Å². The fourth-order valence-electron chi connectivity index (χ4n) is 0.804. The Balaban J connectivity index is 0.00000121. The van der Waals surface area contributed by atoms with Gasteiger partial charge in [-0.1, -0.05) is 6.07 Å². The van der Waals surface area contributed by atoms with E-state index >= 15 is 0 Å². The van der Waals surface area contributed by atoms with Gasteiger partial charge in [0.15, 0.2) is 5.75 Å². The summed E-state index contributed by atoms with van der Waals surface area (Å²) in [5.74, 6) is 6.34. The van der Waals surface area contributed by atoms with Gasteiger partial charge in [-0.2, -0.15) is 5.90 Å². The number of halogens is 1. The maximum Gasteiger partial charge on any atom is 0.150 e. The van der Waals surface area contributed by atoms with Crippen LogP contribution in [-0.4, -0.2) is 6.61 Å². The van der Waals surface area contributed by atoms with Crippen molar-refractivity contribution in [1.82, 2.24) is 0 Å². The van der Waals surface area contributed by atoms with Crippen molar-refractivity contribution in [3.8, 4) is 11.5 Å². The zero-order valence-corrected chi connectivity index (χ0v) is 7.64. The molecule has 0 amide bonds. The van der Waals surface area contributed by atoms with Crippen LogP contribution in [0.1, 0.15) is 6.92 Å². The highest BCUT2D eigenvalue weighted by molar-refractivity contribution is 5.85. The largest absolute Gasteiger partial charge is 0.494 e. The monoisotopic (exact) mass is 189 g/mol. The molecule has 0 aliphatic heterocycles. The van der Waals surface area contributed by atoms with E-state index in [1.807, 2.05) is 19.1 Å². The first kappa shape index (κ1) is 11.1. The Morgan fingerprint density at radius 1 is 1.33 bits per heavy atom. The summed E-state index contributed by atoms with van der Waals surface area (Å²) < 4.78 is 5.21. The molecule has 0 heterocycles. The lowest BCUT2D eigenvalue weighted by atomic mass is 10.3. The minimum Gasteiger partial charge on any atom is -0.494 e. The Morgan fingerprint density at radius 2 is 2.00 bits per heavy atom. The molecule has 0 fully saturated rings. The van der Waals surface area contributed by atoms with Gasteiger partial charge in [0, 0.05) is 6.07 Å². The zero-order valence-electron chi connectivity index (χ0n) is 6.82. The molecule has 1 aromatic rings. The molecule has 0 aliphatic carbocycles. The Labute approximate surface area is 77.8 Å². The second-order valence-electron chi connectivity index (χ2n) is 2.03. The first-order valence-electron chi connectivity index (χ1n) is 3.46. The Bertz CT molecular complexity index is 230. The van der Waals surface area contributed by atoms with Gasteiger partial charge in [-0.15, -0.1) is 12.4 Å². The number of ether oxygens (including phenoxy) is 1. The molecule has 1 aromatic carbocycles. The molecular formula is C8H12ClNO2. The minimum absolute atomic E-state index is 0. The van der Waals surface area contributed by atoms with E-state index in [9.17, 15) is 0 Å². The van der Waals surface area contributed by atoms with Crippen molar-refractivity contribution in [2.45, 2.75) is 6.92 Å². The second kappa shape index (κ2) is 5.69. The smallest absolute Gasteiger partial charge is 0.150 e. The third-order valence-electron chi connectivity index (χ3n) is 1.25. The third kappa shape index (κ3) is 2.98. The van der Waals surface area contributed by atoms with Crippen LogP contribution in [0, 0.1) is 0 Å². The van der Waals surface area contributed by atoms with E-state index in [2.05, 4.69) is 4.84 Å². The van der Waals surface area contributed by atoms with E-state index in [0.717, 1.165) is 5.75 Å². The van der Waals surface area contributed by atoms with Gasteiger partial charge in [0.2, 0.25) is 0 Å². The zero-order chi connectivity index (χ0) is 8.10. The predicted octanol–water partition coefficient (Wildman–Crippen LogP) is 1.76. The molecule has 0 spiro atoms. The van der Waals surface area contributed by atoms with Crippen molar-refractivity contribution in [1.29, 1.82) is 0 Å². The summed E-state index contributed by atoms with van der Waals surface area (Å²) in [4.78, 5) is 4.52. The van der Waals surface area contributed by atoms with Crippen molar-refractivity contribution < 1.29 is 9.57 Å². The van der Waals surface area contributed by atoms with Crippen LogP contribution in [0.5, 0.6) is 11.5 Å². The molecule has 3 nitrogen and oxygen atoms in total. The first-order valence-corrected chi connectivity index (χ1v) is 3.46. The van der Waals surface area contributed by atoms with Crippen LogP contribution in [0.2, 0.25) is 0 Å². The van der Waals surface area contributed by atoms with Crippen molar-refractivity contribution >= 4 is 12.4 Å². The number of rotatable bonds is 3. The van der Waals surface area contributed by atoms with E-state index in [1.165, 1.54) is 0 Å². The van der Waals surface area contributed by atoms with Crippen LogP contribution in [0.3, 0.4) is 0 Å². The summed E-state index contributed by atoms with van der Waals surface area (Å²) >= 11 is 0.